The zero-order valence-electron chi connectivity index (χ0n) is 30.0. The van der Waals surface area contributed by atoms with Crippen molar-refractivity contribution in [3.63, 3.8) is 0 Å². The fourth-order valence-electron chi connectivity index (χ4n) is 6.91. The molecular formula is C52H36O3+2. The van der Waals surface area contributed by atoms with Gasteiger partial charge in [0, 0.05) is 22.3 Å². The van der Waals surface area contributed by atoms with E-state index in [2.05, 4.69) is 109 Å². The Kier molecular flexibility index (Phi) is 9.32. The van der Waals surface area contributed by atoms with E-state index in [9.17, 15) is 0 Å². The molecule has 0 radical (unpaired) electrons. The molecule has 0 saturated heterocycles. The number of allylic oxidation sites excluding steroid dienone is 3. The molecule has 0 spiro atoms. The third-order valence-corrected chi connectivity index (χ3v) is 9.60. The Bertz CT molecular complexity index is 2360. The number of hydrogen-bond acceptors (Lipinski definition) is 1. The molecule has 1 aliphatic heterocycles. The molecule has 9 rings (SSSR count). The van der Waals surface area contributed by atoms with Crippen LogP contribution in [0.1, 0.15) is 22.3 Å². The molecule has 3 heterocycles. The minimum absolute atomic E-state index is 0.758. The molecule has 0 bridgehead atoms. The highest BCUT2D eigenvalue weighted by atomic mass is 16.5. The summed E-state index contributed by atoms with van der Waals surface area (Å²) < 4.78 is 20.2. The Balaban J connectivity index is 1.39. The fourth-order valence-corrected chi connectivity index (χ4v) is 6.91. The van der Waals surface area contributed by atoms with Crippen molar-refractivity contribution >= 4 is 17.1 Å². The van der Waals surface area contributed by atoms with Crippen molar-refractivity contribution in [1.82, 2.24) is 0 Å². The maximum Gasteiger partial charge on any atom is 0.361 e. The molecule has 55 heavy (non-hydrogen) atoms. The molecule has 0 atom stereocenters. The smallest absolute Gasteiger partial charge is 0.361 e. The molecule has 3 heteroatoms. The number of hydrogen-bond donors (Lipinski definition) is 0. The first-order valence-electron chi connectivity index (χ1n) is 18.4. The van der Waals surface area contributed by atoms with E-state index in [4.69, 9.17) is 13.6 Å². The second-order valence-corrected chi connectivity index (χ2v) is 13.3. The average Bonchev–Trinajstić information content (AvgIpc) is 3.28. The Hall–Kier alpha value is -7.36. The first-order chi connectivity index (χ1) is 27.2. The summed E-state index contributed by atoms with van der Waals surface area (Å²) in [4.78, 5) is 0. The number of rotatable bonds is 8. The van der Waals surface area contributed by atoms with E-state index in [0.717, 1.165) is 90.2 Å². The summed E-state index contributed by atoms with van der Waals surface area (Å²) in [7, 11) is 0. The number of benzene rings is 6. The van der Waals surface area contributed by atoms with Gasteiger partial charge in [-0.25, -0.2) is 8.83 Å². The molecule has 6 aromatic carbocycles. The highest BCUT2D eigenvalue weighted by molar-refractivity contribution is 5.93. The second-order valence-electron chi connectivity index (χ2n) is 13.3. The lowest BCUT2D eigenvalue weighted by Crippen LogP contribution is -2.03. The summed E-state index contributed by atoms with van der Waals surface area (Å²) in [6.07, 6.45) is 4.31. The zero-order chi connectivity index (χ0) is 36.8. The van der Waals surface area contributed by atoms with Crippen LogP contribution in [0.4, 0.5) is 0 Å². The van der Waals surface area contributed by atoms with Gasteiger partial charge in [-0.15, -0.1) is 0 Å². The Morgan fingerprint density at radius 3 is 0.836 bits per heavy atom. The van der Waals surface area contributed by atoms with Gasteiger partial charge in [0.15, 0.2) is 0 Å². The maximum absolute atomic E-state index is 6.73. The topological polar surface area (TPSA) is 31.8 Å². The Morgan fingerprint density at radius 2 is 0.564 bits per heavy atom. The van der Waals surface area contributed by atoms with Crippen molar-refractivity contribution in [1.29, 1.82) is 0 Å². The predicted molar refractivity (Wildman–Crippen MR) is 224 cm³/mol. The van der Waals surface area contributed by atoms with E-state index in [1.54, 1.807) is 0 Å². The van der Waals surface area contributed by atoms with Gasteiger partial charge < -0.3 is 4.74 Å². The molecule has 0 N–H and O–H groups in total. The molecule has 3 nitrogen and oxygen atoms in total. The van der Waals surface area contributed by atoms with Gasteiger partial charge in [-0.3, -0.25) is 0 Å². The molecule has 0 saturated carbocycles. The van der Waals surface area contributed by atoms with Crippen LogP contribution in [0.3, 0.4) is 0 Å². The van der Waals surface area contributed by atoms with Crippen LogP contribution in [-0.2, 0) is 4.74 Å². The molecule has 1 aliphatic rings. The molecule has 0 unspecified atom stereocenters. The molecule has 260 valence electrons. The first kappa shape index (κ1) is 33.5. The summed E-state index contributed by atoms with van der Waals surface area (Å²) in [5, 5.41) is 0. The third kappa shape index (κ3) is 7.33. The van der Waals surface area contributed by atoms with Crippen LogP contribution < -0.4 is 0 Å². The molecule has 2 aromatic heterocycles. The van der Waals surface area contributed by atoms with E-state index in [-0.39, 0.29) is 0 Å². The van der Waals surface area contributed by atoms with E-state index < -0.39 is 0 Å². The van der Waals surface area contributed by atoms with Gasteiger partial charge in [0.2, 0.25) is 0 Å². The summed E-state index contributed by atoms with van der Waals surface area (Å²) in [6.45, 7) is 0. The van der Waals surface area contributed by atoms with E-state index in [1.807, 2.05) is 109 Å². The standard InChI is InChI=1S/C52H36O3/c1-7-19-37(20-8-1)46-31-43(32-47(53-46)38-21-9-2-10-22-38)52(44-33-48(39-23-11-3-12-24-39)54-49(34-44)40-25-13-4-14-26-40)45-35-50(41-27-15-5-16-28-41)55-51(36-45)42-29-17-6-18-30-42/h1-36H/q+2. The minimum atomic E-state index is 0.758. The van der Waals surface area contributed by atoms with Crippen LogP contribution in [0.2, 0.25) is 0 Å². The van der Waals surface area contributed by atoms with Crippen molar-refractivity contribution in [2.24, 2.45) is 0 Å². The highest BCUT2D eigenvalue weighted by Crippen LogP contribution is 2.42. The minimum Gasteiger partial charge on any atom is -0.456 e. The van der Waals surface area contributed by atoms with Gasteiger partial charge >= 0.3 is 23.0 Å². The van der Waals surface area contributed by atoms with E-state index in [1.165, 1.54) is 0 Å². The average molecular weight is 709 g/mol. The van der Waals surface area contributed by atoms with Crippen LogP contribution >= 0.6 is 0 Å². The highest BCUT2D eigenvalue weighted by Gasteiger charge is 2.28. The fraction of sp³-hybridized carbons (Fsp3) is 0. The van der Waals surface area contributed by atoms with Gasteiger partial charge in [-0.05, 0) is 71.8 Å². The van der Waals surface area contributed by atoms with Crippen molar-refractivity contribution in [2.45, 2.75) is 0 Å². The summed E-state index contributed by atoms with van der Waals surface area (Å²) in [6, 6.07) is 70.3. The Morgan fingerprint density at radius 1 is 0.309 bits per heavy atom. The lowest BCUT2D eigenvalue weighted by Gasteiger charge is -2.21. The zero-order valence-corrected chi connectivity index (χ0v) is 30.0. The van der Waals surface area contributed by atoms with Crippen LogP contribution in [0.5, 0.6) is 0 Å². The summed E-state index contributed by atoms with van der Waals surface area (Å²) in [5.74, 6) is 4.55. The largest absolute Gasteiger partial charge is 0.456 e. The van der Waals surface area contributed by atoms with Crippen LogP contribution in [0, 0.1) is 0 Å². The van der Waals surface area contributed by atoms with Gasteiger partial charge in [-0.2, -0.15) is 0 Å². The normalized spacial score (nSPS) is 12.3. The van der Waals surface area contributed by atoms with Crippen molar-refractivity contribution in [2.75, 3.05) is 0 Å². The SMILES string of the molecule is C1=C(c2ccccc2)OC(c2ccccc2)=CC1=C(c1cc(-c2ccccc2)[o+]c(-c2ccccc2)c1)c1cc(-c2ccccc2)[o+]c(-c2ccccc2)c1. The van der Waals surface area contributed by atoms with Crippen molar-refractivity contribution in [3.8, 4) is 45.3 Å². The molecule has 0 amide bonds. The lowest BCUT2D eigenvalue weighted by molar-refractivity contribution is 0.467. The van der Waals surface area contributed by atoms with Gasteiger partial charge in [0.05, 0.1) is 46.5 Å². The summed E-state index contributed by atoms with van der Waals surface area (Å²) >= 11 is 0. The summed E-state index contributed by atoms with van der Waals surface area (Å²) in [5.41, 5.74) is 9.85. The third-order valence-electron chi connectivity index (χ3n) is 9.60. The predicted octanol–water partition coefficient (Wildman–Crippen LogP) is 14.0. The van der Waals surface area contributed by atoms with E-state index in [0.29, 0.717) is 0 Å². The van der Waals surface area contributed by atoms with Gasteiger partial charge in [0.1, 0.15) is 11.5 Å². The van der Waals surface area contributed by atoms with Crippen LogP contribution in [0.25, 0.3) is 62.4 Å². The van der Waals surface area contributed by atoms with Crippen molar-refractivity contribution in [3.05, 3.63) is 246 Å². The maximum atomic E-state index is 6.73. The van der Waals surface area contributed by atoms with Crippen molar-refractivity contribution < 1.29 is 13.6 Å². The quantitative estimate of drug-likeness (QED) is 0.147. The van der Waals surface area contributed by atoms with Gasteiger partial charge in [-0.1, -0.05) is 133 Å². The number of ether oxygens (including phenoxy) is 1. The molecule has 0 fully saturated rings. The monoisotopic (exact) mass is 708 g/mol. The van der Waals surface area contributed by atoms with E-state index >= 15 is 0 Å². The van der Waals surface area contributed by atoms with Crippen LogP contribution in [0.15, 0.2) is 233 Å². The first-order valence-corrected chi connectivity index (χ1v) is 18.4. The molecule has 8 aromatic rings. The Labute approximate surface area is 321 Å². The van der Waals surface area contributed by atoms with Gasteiger partial charge in [0.25, 0.3) is 0 Å². The lowest BCUT2D eigenvalue weighted by atomic mass is 9.89. The van der Waals surface area contributed by atoms with Crippen LogP contribution in [-0.4, -0.2) is 0 Å². The molecular weight excluding hydrogens is 673 g/mol. The second kappa shape index (κ2) is 15.3. The molecule has 0 aliphatic carbocycles.